The number of nitrogens with one attached hydrogen (secondary N) is 1. The second-order valence-corrected chi connectivity index (χ2v) is 5.58. The number of nitrogens with zero attached hydrogens (tertiary/aromatic N) is 4. The standard InChI is InChI=1S/C14H12BrN5O3/c1-8-14(15)9(2)19(18-8)7-13(21)17-12-4-3-11(20(22)23)5-10(12)6-16/h3-5H,7H2,1-2H3,(H,17,21). The van der Waals surface area contributed by atoms with Gasteiger partial charge in [-0.1, -0.05) is 0 Å². The van der Waals surface area contributed by atoms with Crippen LogP contribution in [0.15, 0.2) is 22.7 Å². The topological polar surface area (TPSA) is 114 Å². The molecular weight excluding hydrogens is 366 g/mol. The number of non-ortho nitro benzene ring substituents is 1. The molecule has 118 valence electrons. The molecule has 0 radical (unpaired) electrons. The van der Waals surface area contributed by atoms with Crippen molar-refractivity contribution in [2.45, 2.75) is 20.4 Å². The summed E-state index contributed by atoms with van der Waals surface area (Å²) in [5.74, 6) is -0.381. The van der Waals surface area contributed by atoms with Crippen LogP contribution in [0.4, 0.5) is 11.4 Å². The van der Waals surface area contributed by atoms with E-state index in [2.05, 4.69) is 26.3 Å². The highest BCUT2D eigenvalue weighted by Gasteiger charge is 2.15. The molecule has 0 aliphatic heterocycles. The summed E-state index contributed by atoms with van der Waals surface area (Å²) >= 11 is 3.38. The van der Waals surface area contributed by atoms with E-state index in [-0.39, 0.29) is 29.4 Å². The van der Waals surface area contributed by atoms with E-state index in [1.165, 1.54) is 16.8 Å². The first-order valence-electron chi connectivity index (χ1n) is 6.51. The van der Waals surface area contributed by atoms with Gasteiger partial charge >= 0.3 is 0 Å². The van der Waals surface area contributed by atoms with Crippen molar-refractivity contribution in [1.29, 1.82) is 5.26 Å². The first kappa shape index (κ1) is 16.6. The summed E-state index contributed by atoms with van der Waals surface area (Å²) in [4.78, 5) is 22.2. The fourth-order valence-corrected chi connectivity index (χ4v) is 2.29. The molecule has 0 saturated heterocycles. The Kier molecular flexibility index (Phi) is 4.76. The Morgan fingerprint density at radius 3 is 2.74 bits per heavy atom. The summed E-state index contributed by atoms with van der Waals surface area (Å²) in [6, 6.07) is 5.53. The summed E-state index contributed by atoms with van der Waals surface area (Å²) < 4.78 is 2.37. The SMILES string of the molecule is Cc1nn(CC(=O)Nc2ccc([N+](=O)[O-])cc2C#N)c(C)c1Br. The van der Waals surface area contributed by atoms with Crippen LogP contribution in [-0.2, 0) is 11.3 Å². The van der Waals surface area contributed by atoms with E-state index in [1.807, 2.05) is 19.9 Å². The Morgan fingerprint density at radius 2 is 2.22 bits per heavy atom. The first-order chi connectivity index (χ1) is 10.8. The summed E-state index contributed by atoms with van der Waals surface area (Å²) in [5.41, 5.74) is 1.62. The minimum absolute atomic E-state index is 0.0276. The summed E-state index contributed by atoms with van der Waals surface area (Å²) in [6.07, 6.45) is 0. The van der Waals surface area contributed by atoms with E-state index in [4.69, 9.17) is 5.26 Å². The maximum absolute atomic E-state index is 12.1. The lowest BCUT2D eigenvalue weighted by atomic mass is 10.1. The van der Waals surface area contributed by atoms with Gasteiger partial charge in [-0.05, 0) is 35.8 Å². The van der Waals surface area contributed by atoms with Crippen LogP contribution in [0, 0.1) is 35.3 Å². The minimum Gasteiger partial charge on any atom is -0.323 e. The number of nitro groups is 1. The molecule has 0 aliphatic rings. The van der Waals surface area contributed by atoms with Crippen molar-refractivity contribution in [2.75, 3.05) is 5.32 Å². The highest BCUT2D eigenvalue weighted by Crippen LogP contribution is 2.22. The van der Waals surface area contributed by atoms with Crippen LogP contribution in [0.5, 0.6) is 0 Å². The molecule has 0 fully saturated rings. The molecule has 0 spiro atoms. The number of nitro benzene ring substituents is 1. The number of aromatic nitrogens is 2. The molecule has 1 N–H and O–H groups in total. The van der Waals surface area contributed by atoms with E-state index >= 15 is 0 Å². The molecule has 8 nitrogen and oxygen atoms in total. The third-order valence-electron chi connectivity index (χ3n) is 3.20. The number of rotatable bonds is 4. The Hall–Kier alpha value is -2.73. The van der Waals surface area contributed by atoms with Crippen molar-refractivity contribution in [1.82, 2.24) is 9.78 Å². The highest BCUT2D eigenvalue weighted by molar-refractivity contribution is 9.10. The van der Waals surface area contributed by atoms with E-state index in [1.54, 1.807) is 0 Å². The number of halogens is 1. The Balaban J connectivity index is 2.19. The number of hydrogen-bond acceptors (Lipinski definition) is 5. The van der Waals surface area contributed by atoms with Gasteiger partial charge in [0.2, 0.25) is 5.91 Å². The maximum Gasteiger partial charge on any atom is 0.270 e. The zero-order chi connectivity index (χ0) is 17.1. The number of aryl methyl sites for hydroxylation is 1. The first-order valence-corrected chi connectivity index (χ1v) is 7.30. The molecule has 1 heterocycles. The number of amides is 1. The van der Waals surface area contributed by atoms with Crippen molar-refractivity contribution in [3.63, 3.8) is 0 Å². The van der Waals surface area contributed by atoms with Crippen molar-refractivity contribution >= 4 is 33.2 Å². The lowest BCUT2D eigenvalue weighted by molar-refractivity contribution is -0.384. The van der Waals surface area contributed by atoms with Crippen LogP contribution in [0.2, 0.25) is 0 Å². The molecule has 0 saturated carbocycles. The van der Waals surface area contributed by atoms with Gasteiger partial charge in [0.15, 0.2) is 0 Å². The quantitative estimate of drug-likeness (QED) is 0.649. The van der Waals surface area contributed by atoms with Gasteiger partial charge in [-0.3, -0.25) is 19.6 Å². The molecular formula is C14H12BrN5O3. The summed E-state index contributed by atoms with van der Waals surface area (Å²) in [7, 11) is 0. The predicted molar refractivity (Wildman–Crippen MR) is 85.8 cm³/mol. The fraction of sp³-hybridized carbons (Fsp3) is 0.214. The van der Waals surface area contributed by atoms with Crippen LogP contribution in [0.1, 0.15) is 17.0 Å². The number of benzene rings is 1. The second-order valence-electron chi connectivity index (χ2n) is 4.79. The van der Waals surface area contributed by atoms with E-state index in [9.17, 15) is 14.9 Å². The van der Waals surface area contributed by atoms with Gasteiger partial charge in [-0.15, -0.1) is 0 Å². The van der Waals surface area contributed by atoms with Crippen LogP contribution in [0.25, 0.3) is 0 Å². The number of carbonyl (C=O) groups is 1. The third kappa shape index (κ3) is 3.54. The fourth-order valence-electron chi connectivity index (χ4n) is 2.00. The van der Waals surface area contributed by atoms with Gasteiger partial charge in [0, 0.05) is 12.1 Å². The zero-order valence-electron chi connectivity index (χ0n) is 12.3. The molecule has 1 aromatic carbocycles. The number of nitriles is 1. The molecule has 1 aromatic heterocycles. The van der Waals surface area contributed by atoms with E-state index in [0.29, 0.717) is 0 Å². The number of hydrogen-bond donors (Lipinski definition) is 1. The zero-order valence-corrected chi connectivity index (χ0v) is 13.9. The number of anilines is 1. The lowest BCUT2D eigenvalue weighted by Gasteiger charge is -2.08. The highest BCUT2D eigenvalue weighted by atomic mass is 79.9. The largest absolute Gasteiger partial charge is 0.323 e. The van der Waals surface area contributed by atoms with Crippen LogP contribution in [-0.4, -0.2) is 20.6 Å². The van der Waals surface area contributed by atoms with Crippen molar-refractivity contribution in [2.24, 2.45) is 0 Å². The number of carbonyl (C=O) groups excluding carboxylic acids is 1. The van der Waals surface area contributed by atoms with Gasteiger partial charge < -0.3 is 5.32 Å². The van der Waals surface area contributed by atoms with Gasteiger partial charge in [-0.25, -0.2) is 0 Å². The van der Waals surface area contributed by atoms with Gasteiger partial charge in [-0.2, -0.15) is 10.4 Å². The average Bonchev–Trinajstić information content (AvgIpc) is 2.74. The summed E-state index contributed by atoms with van der Waals surface area (Å²) in [5, 5.41) is 26.6. The predicted octanol–water partition coefficient (Wildman–Crippen LogP) is 2.68. The smallest absolute Gasteiger partial charge is 0.270 e. The molecule has 0 aliphatic carbocycles. The van der Waals surface area contributed by atoms with E-state index < -0.39 is 4.92 Å². The molecule has 1 amide bonds. The van der Waals surface area contributed by atoms with E-state index in [0.717, 1.165) is 21.9 Å². The maximum atomic E-state index is 12.1. The summed E-state index contributed by atoms with van der Waals surface area (Å²) in [6.45, 7) is 3.61. The molecule has 0 bridgehead atoms. The Morgan fingerprint density at radius 1 is 1.52 bits per heavy atom. The Bertz CT molecular complexity index is 838. The second kappa shape index (κ2) is 6.58. The van der Waals surface area contributed by atoms with Crippen molar-refractivity contribution < 1.29 is 9.72 Å². The molecule has 23 heavy (non-hydrogen) atoms. The van der Waals surface area contributed by atoms with Crippen LogP contribution >= 0.6 is 15.9 Å². The van der Waals surface area contributed by atoms with Crippen LogP contribution in [0.3, 0.4) is 0 Å². The van der Waals surface area contributed by atoms with Crippen molar-refractivity contribution in [3.05, 3.63) is 49.7 Å². The minimum atomic E-state index is -0.597. The monoisotopic (exact) mass is 377 g/mol. The molecule has 0 atom stereocenters. The van der Waals surface area contributed by atoms with Gasteiger partial charge in [0.1, 0.15) is 12.6 Å². The molecule has 2 rings (SSSR count). The van der Waals surface area contributed by atoms with Crippen LogP contribution < -0.4 is 5.32 Å². The van der Waals surface area contributed by atoms with Crippen molar-refractivity contribution in [3.8, 4) is 6.07 Å². The van der Waals surface area contributed by atoms with Gasteiger partial charge in [0.05, 0.1) is 32.0 Å². The Labute approximate surface area is 140 Å². The molecule has 0 unspecified atom stereocenters. The van der Waals surface area contributed by atoms with Gasteiger partial charge in [0.25, 0.3) is 5.69 Å². The molecule has 9 heteroatoms. The third-order valence-corrected chi connectivity index (χ3v) is 4.34. The average molecular weight is 378 g/mol. The normalized spacial score (nSPS) is 10.2. The lowest BCUT2D eigenvalue weighted by Crippen LogP contribution is -2.20. The molecule has 2 aromatic rings.